The number of aromatic nitrogens is 2. The lowest BCUT2D eigenvalue weighted by atomic mass is 10.1. The van der Waals surface area contributed by atoms with Crippen LogP contribution in [0.3, 0.4) is 0 Å². The van der Waals surface area contributed by atoms with E-state index in [1.807, 2.05) is 10.8 Å². The molecule has 0 saturated heterocycles. The molecular weight excluding hydrogens is 255 g/mol. The number of imidazole rings is 1. The maximum absolute atomic E-state index is 13.3. The Morgan fingerprint density at radius 1 is 1.45 bits per heavy atom. The molecular formula is C15H15FN4. The summed E-state index contributed by atoms with van der Waals surface area (Å²) in [6.45, 7) is 1.16. The number of hydrogen-bond acceptors (Lipinski definition) is 3. The summed E-state index contributed by atoms with van der Waals surface area (Å²) in [6, 6.07) is 6.96. The summed E-state index contributed by atoms with van der Waals surface area (Å²) in [5.74, 6) is 0.585. The van der Waals surface area contributed by atoms with Crippen molar-refractivity contribution >= 4 is 0 Å². The third-order valence-corrected chi connectivity index (χ3v) is 3.46. The molecule has 1 fully saturated rings. The maximum atomic E-state index is 13.3. The number of hydrogen-bond donors (Lipinski definition) is 1. The molecule has 1 aliphatic rings. The lowest BCUT2D eigenvalue weighted by Crippen LogP contribution is -2.19. The molecule has 3 rings (SSSR count). The molecule has 2 aromatic rings. The van der Waals surface area contributed by atoms with Crippen LogP contribution in [0.4, 0.5) is 4.39 Å². The summed E-state index contributed by atoms with van der Waals surface area (Å²) in [5, 5.41) is 12.5. The van der Waals surface area contributed by atoms with Gasteiger partial charge in [0.15, 0.2) is 0 Å². The SMILES string of the molecule is N#Cc1ccc(F)cc1Cn1ccnc1CNC1CC1. The first-order valence-corrected chi connectivity index (χ1v) is 6.68. The van der Waals surface area contributed by atoms with Gasteiger partial charge in [0.05, 0.1) is 24.7 Å². The third kappa shape index (κ3) is 2.86. The number of halogens is 1. The molecule has 1 heterocycles. The zero-order valence-corrected chi connectivity index (χ0v) is 11.0. The van der Waals surface area contributed by atoms with Gasteiger partial charge >= 0.3 is 0 Å². The van der Waals surface area contributed by atoms with Crippen molar-refractivity contribution in [3.05, 3.63) is 53.4 Å². The van der Waals surface area contributed by atoms with Crippen LogP contribution >= 0.6 is 0 Å². The van der Waals surface area contributed by atoms with E-state index in [4.69, 9.17) is 5.26 Å². The van der Waals surface area contributed by atoms with Gasteiger partial charge in [-0.1, -0.05) is 0 Å². The minimum atomic E-state index is -0.322. The monoisotopic (exact) mass is 270 g/mol. The molecule has 1 aromatic heterocycles. The molecule has 0 amide bonds. The second-order valence-electron chi connectivity index (χ2n) is 5.04. The van der Waals surface area contributed by atoms with Crippen LogP contribution in [-0.2, 0) is 13.1 Å². The van der Waals surface area contributed by atoms with Crippen LogP contribution in [0.1, 0.15) is 29.8 Å². The van der Waals surface area contributed by atoms with E-state index in [0.717, 1.165) is 5.82 Å². The van der Waals surface area contributed by atoms with E-state index in [2.05, 4.69) is 16.4 Å². The van der Waals surface area contributed by atoms with Gasteiger partial charge in [-0.3, -0.25) is 0 Å². The number of nitrogens with zero attached hydrogens (tertiary/aromatic N) is 3. The van der Waals surface area contributed by atoms with Crippen molar-refractivity contribution in [1.82, 2.24) is 14.9 Å². The fraction of sp³-hybridized carbons (Fsp3) is 0.333. The molecule has 102 valence electrons. The first-order valence-electron chi connectivity index (χ1n) is 6.68. The first kappa shape index (κ1) is 12.8. The van der Waals surface area contributed by atoms with Crippen molar-refractivity contribution < 1.29 is 4.39 Å². The molecule has 0 aliphatic heterocycles. The van der Waals surface area contributed by atoms with Crippen LogP contribution in [0.25, 0.3) is 0 Å². The summed E-state index contributed by atoms with van der Waals surface area (Å²) in [7, 11) is 0. The summed E-state index contributed by atoms with van der Waals surface area (Å²) < 4.78 is 15.3. The molecule has 0 radical (unpaired) electrons. The van der Waals surface area contributed by atoms with Crippen molar-refractivity contribution in [3.8, 4) is 6.07 Å². The largest absolute Gasteiger partial charge is 0.329 e. The average Bonchev–Trinajstić information content (AvgIpc) is 3.17. The van der Waals surface area contributed by atoms with Crippen molar-refractivity contribution in [3.63, 3.8) is 0 Å². The van der Waals surface area contributed by atoms with Crippen LogP contribution in [0, 0.1) is 17.1 Å². The van der Waals surface area contributed by atoms with E-state index in [0.29, 0.717) is 30.3 Å². The Morgan fingerprint density at radius 2 is 2.30 bits per heavy atom. The maximum Gasteiger partial charge on any atom is 0.123 e. The van der Waals surface area contributed by atoms with E-state index in [9.17, 15) is 4.39 Å². The molecule has 1 saturated carbocycles. The summed E-state index contributed by atoms with van der Waals surface area (Å²) in [4.78, 5) is 4.31. The van der Waals surface area contributed by atoms with Gasteiger partial charge < -0.3 is 9.88 Å². The van der Waals surface area contributed by atoms with Gasteiger partial charge in [-0.15, -0.1) is 0 Å². The quantitative estimate of drug-likeness (QED) is 0.906. The minimum Gasteiger partial charge on any atom is -0.329 e. The number of benzene rings is 1. The Hall–Kier alpha value is -2.19. The Labute approximate surface area is 116 Å². The fourth-order valence-corrected chi connectivity index (χ4v) is 2.16. The van der Waals surface area contributed by atoms with Crippen molar-refractivity contribution in [2.75, 3.05) is 0 Å². The van der Waals surface area contributed by atoms with Gasteiger partial charge in [-0.25, -0.2) is 9.37 Å². The van der Waals surface area contributed by atoms with Gasteiger partial charge in [0.2, 0.25) is 0 Å². The van der Waals surface area contributed by atoms with E-state index < -0.39 is 0 Å². The standard InChI is InChI=1S/C15H15FN4/c16-13-2-1-11(8-17)12(7-13)10-20-6-5-18-15(20)9-19-14-3-4-14/h1-2,5-7,14,19H,3-4,9-10H2. The normalized spacial score (nSPS) is 14.2. The second kappa shape index (κ2) is 5.43. The Kier molecular flexibility index (Phi) is 3.48. The van der Waals surface area contributed by atoms with E-state index in [1.54, 1.807) is 6.20 Å². The Morgan fingerprint density at radius 3 is 3.05 bits per heavy atom. The number of rotatable bonds is 5. The Balaban J connectivity index is 1.78. The second-order valence-corrected chi connectivity index (χ2v) is 5.04. The topological polar surface area (TPSA) is 53.6 Å². The van der Waals surface area contributed by atoms with Crippen molar-refractivity contribution in [2.24, 2.45) is 0 Å². The number of nitrogens with one attached hydrogen (secondary N) is 1. The zero-order chi connectivity index (χ0) is 13.9. The predicted octanol–water partition coefficient (Wildman–Crippen LogP) is 2.19. The molecule has 0 bridgehead atoms. The highest BCUT2D eigenvalue weighted by molar-refractivity contribution is 5.38. The van der Waals surface area contributed by atoms with Crippen LogP contribution in [0.15, 0.2) is 30.6 Å². The molecule has 1 N–H and O–H groups in total. The van der Waals surface area contributed by atoms with E-state index in [1.165, 1.54) is 31.0 Å². The van der Waals surface area contributed by atoms with Gasteiger partial charge in [-0.2, -0.15) is 5.26 Å². The molecule has 1 aromatic carbocycles. The fourth-order valence-electron chi connectivity index (χ4n) is 2.16. The smallest absolute Gasteiger partial charge is 0.123 e. The summed E-state index contributed by atoms with van der Waals surface area (Å²) in [6.07, 6.45) is 6.04. The van der Waals surface area contributed by atoms with Crippen LogP contribution in [-0.4, -0.2) is 15.6 Å². The molecule has 20 heavy (non-hydrogen) atoms. The highest BCUT2D eigenvalue weighted by Crippen LogP contribution is 2.19. The lowest BCUT2D eigenvalue weighted by Gasteiger charge is -2.10. The summed E-state index contributed by atoms with van der Waals surface area (Å²) >= 11 is 0. The lowest BCUT2D eigenvalue weighted by molar-refractivity contribution is 0.608. The molecule has 5 heteroatoms. The van der Waals surface area contributed by atoms with Crippen LogP contribution in [0.5, 0.6) is 0 Å². The predicted molar refractivity (Wildman–Crippen MR) is 72.3 cm³/mol. The third-order valence-electron chi connectivity index (χ3n) is 3.46. The molecule has 0 spiro atoms. The van der Waals surface area contributed by atoms with Gasteiger partial charge in [0, 0.05) is 18.4 Å². The summed E-state index contributed by atoms with van der Waals surface area (Å²) in [5.41, 5.74) is 1.18. The van der Waals surface area contributed by atoms with Crippen molar-refractivity contribution in [2.45, 2.75) is 32.0 Å². The highest BCUT2D eigenvalue weighted by atomic mass is 19.1. The van der Waals surface area contributed by atoms with Gasteiger partial charge in [0.25, 0.3) is 0 Å². The first-order chi connectivity index (χ1) is 9.76. The molecule has 4 nitrogen and oxygen atoms in total. The Bertz CT molecular complexity index is 652. The van der Waals surface area contributed by atoms with Crippen LogP contribution < -0.4 is 5.32 Å². The number of nitriles is 1. The zero-order valence-electron chi connectivity index (χ0n) is 11.0. The molecule has 1 aliphatic carbocycles. The minimum absolute atomic E-state index is 0.322. The van der Waals surface area contributed by atoms with Gasteiger partial charge in [0.1, 0.15) is 11.6 Å². The average molecular weight is 270 g/mol. The van der Waals surface area contributed by atoms with Crippen LogP contribution in [0.2, 0.25) is 0 Å². The molecule has 0 atom stereocenters. The van der Waals surface area contributed by atoms with Gasteiger partial charge in [-0.05, 0) is 36.6 Å². The molecule has 0 unspecified atom stereocenters. The van der Waals surface area contributed by atoms with E-state index in [-0.39, 0.29) is 5.82 Å². The van der Waals surface area contributed by atoms with Crippen molar-refractivity contribution in [1.29, 1.82) is 5.26 Å². The van der Waals surface area contributed by atoms with E-state index >= 15 is 0 Å². The highest BCUT2D eigenvalue weighted by Gasteiger charge is 2.20.